The van der Waals surface area contributed by atoms with E-state index in [0.717, 1.165) is 11.1 Å². The summed E-state index contributed by atoms with van der Waals surface area (Å²) in [4.78, 5) is 40.0. The highest BCUT2D eigenvalue weighted by Crippen LogP contribution is 2.46. The Morgan fingerprint density at radius 3 is 2.09 bits per heavy atom. The monoisotopic (exact) mass is 788 g/mol. The van der Waals surface area contributed by atoms with Gasteiger partial charge in [-0.05, 0) is 62.2 Å². The Morgan fingerprint density at radius 2 is 1.55 bits per heavy atom. The number of hydrogen-bond donors (Lipinski definition) is 1. The largest absolute Gasteiger partial charge is 0.495 e. The lowest BCUT2D eigenvalue weighted by atomic mass is 9.93. The maximum absolute atomic E-state index is 15.0. The number of carbonyl (C=O) groups excluding carboxylic acids is 2. The number of ether oxygens (including phenoxy) is 3. The van der Waals surface area contributed by atoms with E-state index in [2.05, 4.69) is 4.72 Å². The van der Waals surface area contributed by atoms with Crippen LogP contribution in [0.4, 0.5) is 4.79 Å². The summed E-state index contributed by atoms with van der Waals surface area (Å²) in [6.07, 6.45) is 0. The van der Waals surface area contributed by atoms with Crippen LogP contribution in [0.15, 0.2) is 70.6 Å². The number of urea groups is 1. The van der Waals surface area contributed by atoms with E-state index >= 15 is 4.79 Å². The smallest absolute Gasteiger partial charge is 0.326 e. The van der Waals surface area contributed by atoms with E-state index < -0.39 is 22.1 Å². The van der Waals surface area contributed by atoms with E-state index in [-0.39, 0.29) is 65.7 Å². The molecule has 0 spiro atoms. The van der Waals surface area contributed by atoms with Crippen molar-refractivity contribution >= 4 is 51.0 Å². The van der Waals surface area contributed by atoms with Crippen molar-refractivity contribution in [3.63, 3.8) is 0 Å². The highest BCUT2D eigenvalue weighted by molar-refractivity contribution is 7.89. The van der Waals surface area contributed by atoms with Gasteiger partial charge in [0.1, 0.15) is 35.0 Å². The molecule has 2 aliphatic heterocycles. The van der Waals surface area contributed by atoms with Gasteiger partial charge in [0.2, 0.25) is 15.9 Å². The lowest BCUT2D eigenvalue weighted by Gasteiger charge is -2.39. The van der Waals surface area contributed by atoms with Crippen molar-refractivity contribution in [3.8, 4) is 11.5 Å². The maximum atomic E-state index is 15.0. The van der Waals surface area contributed by atoms with Crippen molar-refractivity contribution in [1.82, 2.24) is 24.3 Å². The molecule has 13 nitrogen and oxygen atoms in total. The third kappa shape index (κ3) is 9.07. The number of benzene rings is 3. The quantitative estimate of drug-likeness (QED) is 0.227. The van der Waals surface area contributed by atoms with Gasteiger partial charge in [-0.25, -0.2) is 13.2 Å². The number of nitrogens with zero attached hydrogens (tertiary/aromatic N) is 5. The van der Waals surface area contributed by atoms with Crippen molar-refractivity contribution in [1.29, 1.82) is 0 Å². The molecule has 0 radical (unpaired) electrons. The zero-order valence-electron chi connectivity index (χ0n) is 30.7. The van der Waals surface area contributed by atoms with Crippen LogP contribution in [-0.4, -0.2) is 119 Å². The predicted octanol–water partition coefficient (Wildman–Crippen LogP) is 5.43. The van der Waals surface area contributed by atoms with Crippen LogP contribution in [0.1, 0.15) is 49.5 Å². The molecular weight excluding hydrogens is 743 g/mol. The molecule has 53 heavy (non-hydrogen) atoms. The number of amidine groups is 1. The number of sulfonamides is 1. The predicted molar refractivity (Wildman–Crippen MR) is 204 cm³/mol. The summed E-state index contributed by atoms with van der Waals surface area (Å²) in [6, 6.07) is 15.8. The molecule has 3 aromatic rings. The number of methoxy groups -OCH3 is 2. The fourth-order valence-electron chi connectivity index (χ4n) is 6.27. The molecule has 0 aliphatic carbocycles. The Balaban J connectivity index is 1.65. The second kappa shape index (κ2) is 17.5. The Hall–Kier alpha value is -3.92. The van der Waals surface area contributed by atoms with Crippen LogP contribution in [0.5, 0.6) is 11.5 Å². The summed E-state index contributed by atoms with van der Waals surface area (Å²) in [7, 11) is 0.357. The fourth-order valence-corrected chi connectivity index (χ4v) is 7.63. The first kappa shape index (κ1) is 40.3. The van der Waals surface area contributed by atoms with Gasteiger partial charge >= 0.3 is 6.03 Å². The average molecular weight is 790 g/mol. The normalized spacial score (nSPS) is 17.9. The van der Waals surface area contributed by atoms with Crippen LogP contribution >= 0.6 is 23.2 Å². The van der Waals surface area contributed by atoms with Crippen molar-refractivity contribution in [2.24, 2.45) is 4.99 Å². The number of carbonyl (C=O) groups is 2. The van der Waals surface area contributed by atoms with E-state index in [1.54, 1.807) is 52.9 Å². The number of aliphatic imine (C=N–C) groups is 1. The number of halogens is 2. The van der Waals surface area contributed by atoms with Crippen molar-refractivity contribution < 1.29 is 32.2 Å². The number of amides is 3. The molecule has 2 atom stereocenters. The molecule has 16 heteroatoms. The van der Waals surface area contributed by atoms with Gasteiger partial charge in [-0.3, -0.25) is 19.6 Å². The van der Waals surface area contributed by atoms with Gasteiger partial charge in [-0.2, -0.15) is 4.72 Å². The number of likely N-dealkylation sites (N-methyl/N-ethyl adjacent to an activating group) is 1. The number of rotatable bonds is 13. The van der Waals surface area contributed by atoms with Gasteiger partial charge in [0.05, 0.1) is 31.9 Å². The summed E-state index contributed by atoms with van der Waals surface area (Å²) in [5, 5.41) is 1.06. The zero-order chi connectivity index (χ0) is 38.4. The van der Waals surface area contributed by atoms with Gasteiger partial charge in [-0.15, -0.1) is 0 Å². The van der Waals surface area contributed by atoms with E-state index in [1.165, 1.54) is 26.4 Å². The molecule has 2 aliphatic rings. The van der Waals surface area contributed by atoms with Gasteiger partial charge in [0.15, 0.2) is 0 Å². The molecule has 0 unspecified atom stereocenters. The van der Waals surface area contributed by atoms with E-state index in [1.807, 2.05) is 43.0 Å². The van der Waals surface area contributed by atoms with Crippen LogP contribution in [0, 0.1) is 0 Å². The van der Waals surface area contributed by atoms with Crippen LogP contribution in [0.3, 0.4) is 0 Å². The van der Waals surface area contributed by atoms with Gasteiger partial charge in [-0.1, -0.05) is 47.5 Å². The van der Waals surface area contributed by atoms with Crippen molar-refractivity contribution in [3.05, 3.63) is 87.4 Å². The first-order valence-electron chi connectivity index (χ1n) is 17.3. The van der Waals surface area contributed by atoms with Gasteiger partial charge in [0, 0.05) is 62.5 Å². The number of piperazine rings is 1. The summed E-state index contributed by atoms with van der Waals surface area (Å²) in [5.74, 6) is 0.529. The Morgan fingerprint density at radius 1 is 0.943 bits per heavy atom. The zero-order valence-corrected chi connectivity index (χ0v) is 33.0. The van der Waals surface area contributed by atoms with E-state index in [4.69, 9.17) is 42.4 Å². The van der Waals surface area contributed by atoms with Crippen LogP contribution in [0.2, 0.25) is 10.0 Å². The molecule has 0 bridgehead atoms. The molecule has 0 aromatic heterocycles. The van der Waals surface area contributed by atoms with Crippen LogP contribution < -0.4 is 14.2 Å². The molecule has 286 valence electrons. The SMILES string of the molecule is CCOc1cc(OC)c(S(=O)(=O)NCOC)cc1C1=N[C@@H](c2ccc(Cl)cc2)[C@@H](c2ccc(Cl)cc2)N1C(=O)N1CCN(CC(=O)N(C)C(C)C)CC1. The second-order valence-electron chi connectivity index (χ2n) is 13.0. The summed E-state index contributed by atoms with van der Waals surface area (Å²) in [6.45, 7) is 7.60. The van der Waals surface area contributed by atoms with Crippen molar-refractivity contribution in [2.75, 3.05) is 67.3 Å². The first-order chi connectivity index (χ1) is 25.3. The molecule has 1 fully saturated rings. The molecule has 1 saturated heterocycles. The lowest BCUT2D eigenvalue weighted by molar-refractivity contribution is -0.132. The van der Waals surface area contributed by atoms with Gasteiger partial charge < -0.3 is 24.0 Å². The summed E-state index contributed by atoms with van der Waals surface area (Å²) >= 11 is 12.6. The molecule has 1 N–H and O–H groups in total. The molecule has 3 amide bonds. The van der Waals surface area contributed by atoms with Crippen molar-refractivity contribution in [2.45, 2.75) is 43.8 Å². The minimum Gasteiger partial charge on any atom is -0.495 e. The molecule has 3 aromatic carbocycles. The third-order valence-electron chi connectivity index (χ3n) is 9.35. The first-order valence-corrected chi connectivity index (χ1v) is 19.5. The summed E-state index contributed by atoms with van der Waals surface area (Å²) < 4.78 is 46.2. The standard InChI is InChI=1S/C37H46Cl2N6O7S/c1-7-52-30-21-31(51-6)32(53(48,49)40-23-50-5)20-29(30)36-41-34(25-8-12-27(38)13-9-25)35(26-10-14-28(39)15-11-26)45(36)37(47)44-18-16-43(17-19-44)22-33(46)42(4)24(2)3/h8-15,20-21,24,34-35,40H,7,16-19,22-23H2,1-6H3/t34-,35+/m0/s1. The van der Waals surface area contributed by atoms with Gasteiger partial charge in [0.25, 0.3) is 0 Å². The Kier molecular flexibility index (Phi) is 13.3. The number of hydrogen-bond acceptors (Lipinski definition) is 9. The minimum absolute atomic E-state index is 0.0102. The third-order valence-corrected chi connectivity index (χ3v) is 11.3. The molecule has 0 saturated carbocycles. The lowest BCUT2D eigenvalue weighted by Crippen LogP contribution is -2.55. The maximum Gasteiger partial charge on any atom is 0.326 e. The summed E-state index contributed by atoms with van der Waals surface area (Å²) in [5.41, 5.74) is 1.81. The molecule has 5 rings (SSSR count). The molecular formula is C37H46Cl2N6O7S. The van der Waals surface area contributed by atoms with Crippen LogP contribution in [-0.2, 0) is 19.6 Å². The minimum atomic E-state index is -4.17. The Bertz CT molecular complexity index is 1900. The number of nitrogens with one attached hydrogen (secondary N) is 1. The average Bonchev–Trinajstić information content (AvgIpc) is 3.54. The van der Waals surface area contributed by atoms with Crippen LogP contribution in [0.25, 0.3) is 0 Å². The second-order valence-corrected chi connectivity index (χ2v) is 15.6. The van der Waals surface area contributed by atoms with E-state index in [0.29, 0.717) is 36.2 Å². The topological polar surface area (TPSA) is 133 Å². The highest BCUT2D eigenvalue weighted by atomic mass is 35.5. The van der Waals surface area contributed by atoms with E-state index in [9.17, 15) is 13.2 Å². The highest BCUT2D eigenvalue weighted by Gasteiger charge is 2.45. The Labute approximate surface area is 321 Å². The molecule has 2 heterocycles. The fraction of sp³-hybridized carbons (Fsp3) is 0.432.